The largest absolute Gasteiger partial charge is 0.454 e. The number of methoxy groups -OCH3 is 1. The Balaban J connectivity index is 1.99. The Bertz CT molecular complexity index is 594. The van der Waals surface area contributed by atoms with E-state index in [9.17, 15) is 0 Å². The number of hydrogen-bond donors (Lipinski definition) is 1. The summed E-state index contributed by atoms with van der Waals surface area (Å²) in [6.07, 6.45) is 0.640. The number of nitrogens with two attached hydrogens (primary N) is 1. The Morgan fingerprint density at radius 1 is 1.32 bits per heavy atom. The summed E-state index contributed by atoms with van der Waals surface area (Å²) < 4.78 is 20.8. The summed E-state index contributed by atoms with van der Waals surface area (Å²) in [4.78, 5) is 0. The monoisotopic (exact) mass is 262 g/mol. The Labute approximate surface area is 110 Å². The molecule has 0 spiro atoms. The normalized spacial score (nSPS) is 12.9. The topological polar surface area (TPSA) is 79.7 Å². The van der Waals surface area contributed by atoms with Crippen molar-refractivity contribution < 1.29 is 18.7 Å². The van der Waals surface area contributed by atoms with Crippen LogP contribution in [-0.2, 0) is 11.2 Å². The van der Waals surface area contributed by atoms with Crippen molar-refractivity contribution in [3.05, 3.63) is 23.9 Å². The summed E-state index contributed by atoms with van der Waals surface area (Å²) in [5, 5.41) is 3.97. The number of nitrogen functional groups attached to an aromatic ring is 1. The number of ether oxygens (including phenoxy) is 3. The van der Waals surface area contributed by atoms with Gasteiger partial charge < -0.3 is 24.5 Å². The maximum Gasteiger partial charge on any atom is 0.231 e. The lowest BCUT2D eigenvalue weighted by Gasteiger charge is -2.04. The Morgan fingerprint density at radius 2 is 2.16 bits per heavy atom. The number of fused-ring (bicyclic) bond motifs is 1. The number of aromatic nitrogens is 1. The van der Waals surface area contributed by atoms with Crippen molar-refractivity contribution >= 4 is 5.88 Å². The molecule has 1 aliphatic rings. The van der Waals surface area contributed by atoms with E-state index in [1.54, 1.807) is 7.11 Å². The molecule has 0 saturated heterocycles. The molecule has 6 nitrogen and oxygen atoms in total. The molecule has 0 atom stereocenters. The maximum atomic E-state index is 5.85. The SMILES string of the molecule is COCCc1noc(N)c1-c1ccc2c(c1)OCO2. The van der Waals surface area contributed by atoms with Crippen molar-refractivity contribution in [1.82, 2.24) is 5.16 Å². The van der Waals surface area contributed by atoms with Crippen LogP contribution in [0, 0.1) is 0 Å². The van der Waals surface area contributed by atoms with Crippen molar-refractivity contribution in [3.63, 3.8) is 0 Å². The van der Waals surface area contributed by atoms with Crippen LogP contribution in [0.4, 0.5) is 5.88 Å². The van der Waals surface area contributed by atoms with Crippen molar-refractivity contribution in [2.75, 3.05) is 26.2 Å². The predicted molar refractivity (Wildman–Crippen MR) is 68.1 cm³/mol. The first-order valence-electron chi connectivity index (χ1n) is 5.92. The molecular formula is C13H14N2O4. The molecule has 6 heteroatoms. The number of anilines is 1. The standard InChI is InChI=1S/C13H14N2O4/c1-16-5-4-9-12(13(14)19-15-9)8-2-3-10-11(6-8)18-7-17-10/h2-3,6H,4-5,7,14H2,1H3. The Hall–Kier alpha value is -2.21. The third kappa shape index (κ3) is 2.10. The molecule has 0 unspecified atom stereocenters. The van der Waals surface area contributed by atoms with E-state index in [1.807, 2.05) is 18.2 Å². The molecule has 1 aromatic carbocycles. The lowest BCUT2D eigenvalue weighted by atomic mass is 10.0. The minimum Gasteiger partial charge on any atom is -0.454 e. The van der Waals surface area contributed by atoms with Gasteiger partial charge in [-0.15, -0.1) is 0 Å². The summed E-state index contributed by atoms with van der Waals surface area (Å²) >= 11 is 0. The molecule has 3 rings (SSSR count). The van der Waals surface area contributed by atoms with E-state index in [0.29, 0.717) is 24.7 Å². The zero-order chi connectivity index (χ0) is 13.2. The molecule has 0 aliphatic carbocycles. The van der Waals surface area contributed by atoms with Gasteiger partial charge in [0.05, 0.1) is 17.9 Å². The van der Waals surface area contributed by atoms with Gasteiger partial charge in [0.15, 0.2) is 11.5 Å². The summed E-state index contributed by atoms with van der Waals surface area (Å²) in [5.41, 5.74) is 8.31. The lowest BCUT2D eigenvalue weighted by Crippen LogP contribution is -1.97. The highest BCUT2D eigenvalue weighted by atomic mass is 16.7. The number of benzene rings is 1. The van der Waals surface area contributed by atoms with Crippen molar-refractivity contribution in [2.24, 2.45) is 0 Å². The van der Waals surface area contributed by atoms with Gasteiger partial charge in [-0.2, -0.15) is 0 Å². The van der Waals surface area contributed by atoms with E-state index in [4.69, 9.17) is 24.5 Å². The van der Waals surface area contributed by atoms with Crippen LogP contribution in [0.5, 0.6) is 11.5 Å². The quantitative estimate of drug-likeness (QED) is 0.905. The second-order valence-corrected chi connectivity index (χ2v) is 4.18. The van der Waals surface area contributed by atoms with Gasteiger partial charge >= 0.3 is 0 Å². The molecule has 2 aromatic rings. The summed E-state index contributed by atoms with van der Waals surface area (Å²) in [5.74, 6) is 1.73. The van der Waals surface area contributed by atoms with E-state index in [2.05, 4.69) is 5.16 Å². The summed E-state index contributed by atoms with van der Waals surface area (Å²) in [6, 6.07) is 5.64. The molecule has 2 N–H and O–H groups in total. The molecular weight excluding hydrogens is 248 g/mol. The van der Waals surface area contributed by atoms with Crippen LogP contribution >= 0.6 is 0 Å². The fourth-order valence-electron chi connectivity index (χ4n) is 2.07. The first-order valence-corrected chi connectivity index (χ1v) is 5.92. The highest BCUT2D eigenvalue weighted by Crippen LogP contribution is 2.38. The van der Waals surface area contributed by atoms with Crippen LogP contribution in [0.1, 0.15) is 5.69 Å². The van der Waals surface area contributed by atoms with Gasteiger partial charge in [0.2, 0.25) is 12.7 Å². The molecule has 0 fully saturated rings. The fraction of sp³-hybridized carbons (Fsp3) is 0.308. The lowest BCUT2D eigenvalue weighted by molar-refractivity contribution is 0.174. The van der Waals surface area contributed by atoms with E-state index in [-0.39, 0.29) is 6.79 Å². The number of rotatable bonds is 4. The van der Waals surface area contributed by atoms with Crippen LogP contribution in [0.2, 0.25) is 0 Å². The van der Waals surface area contributed by atoms with Crippen molar-refractivity contribution in [3.8, 4) is 22.6 Å². The van der Waals surface area contributed by atoms with E-state index < -0.39 is 0 Å². The zero-order valence-corrected chi connectivity index (χ0v) is 10.5. The van der Waals surface area contributed by atoms with E-state index in [0.717, 1.165) is 22.6 Å². The van der Waals surface area contributed by atoms with Gasteiger partial charge in [0.1, 0.15) is 0 Å². The highest BCUT2D eigenvalue weighted by molar-refractivity contribution is 5.77. The van der Waals surface area contributed by atoms with Crippen molar-refractivity contribution in [2.45, 2.75) is 6.42 Å². The van der Waals surface area contributed by atoms with Crippen LogP contribution < -0.4 is 15.2 Å². The summed E-state index contributed by atoms with van der Waals surface area (Å²) in [7, 11) is 1.64. The number of nitrogens with zero attached hydrogens (tertiary/aromatic N) is 1. The molecule has 1 aromatic heterocycles. The minimum atomic E-state index is 0.244. The van der Waals surface area contributed by atoms with Crippen LogP contribution in [0.25, 0.3) is 11.1 Å². The van der Waals surface area contributed by atoms with E-state index >= 15 is 0 Å². The molecule has 0 bridgehead atoms. The fourth-order valence-corrected chi connectivity index (χ4v) is 2.07. The van der Waals surface area contributed by atoms with Gasteiger partial charge in [0, 0.05) is 13.5 Å². The van der Waals surface area contributed by atoms with Crippen molar-refractivity contribution in [1.29, 1.82) is 0 Å². The third-order valence-corrected chi connectivity index (χ3v) is 2.99. The van der Waals surface area contributed by atoms with Crippen LogP contribution in [-0.4, -0.2) is 25.7 Å². The third-order valence-electron chi connectivity index (χ3n) is 2.99. The maximum absolute atomic E-state index is 5.85. The number of hydrogen-bond acceptors (Lipinski definition) is 6. The van der Waals surface area contributed by atoms with Gasteiger partial charge in [-0.25, -0.2) is 0 Å². The second kappa shape index (κ2) is 4.81. The molecule has 100 valence electrons. The molecule has 0 amide bonds. The zero-order valence-electron chi connectivity index (χ0n) is 10.5. The molecule has 1 aliphatic heterocycles. The van der Waals surface area contributed by atoms with Gasteiger partial charge in [-0.05, 0) is 17.7 Å². The van der Waals surface area contributed by atoms with Crippen LogP contribution in [0.3, 0.4) is 0 Å². The van der Waals surface area contributed by atoms with Gasteiger partial charge in [0.25, 0.3) is 0 Å². The minimum absolute atomic E-state index is 0.244. The highest BCUT2D eigenvalue weighted by Gasteiger charge is 2.19. The summed E-state index contributed by atoms with van der Waals surface area (Å²) in [6.45, 7) is 0.804. The Kier molecular flexibility index (Phi) is 3.00. The molecule has 2 heterocycles. The molecule has 19 heavy (non-hydrogen) atoms. The predicted octanol–water partition coefficient (Wildman–Crippen LogP) is 1.84. The first kappa shape index (κ1) is 11.9. The second-order valence-electron chi connectivity index (χ2n) is 4.18. The van der Waals surface area contributed by atoms with Gasteiger partial charge in [-0.3, -0.25) is 0 Å². The van der Waals surface area contributed by atoms with Crippen LogP contribution in [0.15, 0.2) is 22.7 Å². The average molecular weight is 262 g/mol. The Morgan fingerprint density at radius 3 is 3.00 bits per heavy atom. The van der Waals surface area contributed by atoms with E-state index in [1.165, 1.54) is 0 Å². The average Bonchev–Trinajstić information content (AvgIpc) is 3.01. The molecule has 0 saturated carbocycles. The van der Waals surface area contributed by atoms with Gasteiger partial charge in [-0.1, -0.05) is 11.2 Å². The first-order chi connectivity index (χ1) is 9.29. The molecule has 0 radical (unpaired) electrons. The smallest absolute Gasteiger partial charge is 0.231 e.